The molecule has 1 unspecified atom stereocenters. The molecule has 0 aliphatic carbocycles. The molecule has 7 heteroatoms. The second-order valence-corrected chi connectivity index (χ2v) is 10.3. The van der Waals surface area contributed by atoms with Crippen LogP contribution in [0.15, 0.2) is 52.3 Å². The smallest absolute Gasteiger partial charge is 0.151 e. The number of benzene rings is 2. The SMILES string of the molecule is CCCCC1(CCCC)CN(c2ccccc2)c2cc(SC)c(OCC(O)C=O)cc2SN1. The summed E-state index contributed by atoms with van der Waals surface area (Å²) < 4.78 is 9.72. The van der Waals surface area contributed by atoms with E-state index in [-0.39, 0.29) is 12.1 Å². The molecule has 1 atom stereocenters. The van der Waals surface area contributed by atoms with E-state index in [0.717, 1.165) is 34.9 Å². The van der Waals surface area contributed by atoms with E-state index in [1.54, 1.807) is 23.7 Å². The van der Waals surface area contributed by atoms with Crippen LogP contribution in [0, 0.1) is 0 Å². The van der Waals surface area contributed by atoms with Gasteiger partial charge in [-0.2, -0.15) is 0 Å². The molecule has 2 aromatic carbocycles. The lowest BCUT2D eigenvalue weighted by molar-refractivity contribution is -0.116. The van der Waals surface area contributed by atoms with E-state index >= 15 is 0 Å². The van der Waals surface area contributed by atoms with Gasteiger partial charge < -0.3 is 19.5 Å². The predicted molar refractivity (Wildman–Crippen MR) is 140 cm³/mol. The quantitative estimate of drug-likeness (QED) is 0.209. The Labute approximate surface area is 206 Å². The van der Waals surface area contributed by atoms with Crippen LogP contribution >= 0.6 is 23.7 Å². The summed E-state index contributed by atoms with van der Waals surface area (Å²) in [5, 5.41) is 9.66. The van der Waals surface area contributed by atoms with Gasteiger partial charge in [0.15, 0.2) is 6.29 Å². The molecule has 1 aliphatic heterocycles. The van der Waals surface area contributed by atoms with Crippen LogP contribution in [0.25, 0.3) is 0 Å². The molecule has 180 valence electrons. The van der Waals surface area contributed by atoms with Gasteiger partial charge in [-0.1, -0.05) is 57.7 Å². The summed E-state index contributed by atoms with van der Waals surface area (Å²) in [6, 6.07) is 14.8. The molecule has 2 N–H and O–H groups in total. The number of nitrogens with zero attached hydrogens (tertiary/aromatic N) is 1. The van der Waals surface area contributed by atoms with E-state index in [4.69, 9.17) is 4.74 Å². The summed E-state index contributed by atoms with van der Waals surface area (Å²) in [5.41, 5.74) is 2.33. The Morgan fingerprint density at radius 3 is 2.52 bits per heavy atom. The van der Waals surface area contributed by atoms with Gasteiger partial charge in [0, 0.05) is 17.8 Å². The number of hydrogen-bond donors (Lipinski definition) is 2. The first-order valence-electron chi connectivity index (χ1n) is 11.8. The number of aldehydes is 1. The van der Waals surface area contributed by atoms with Gasteiger partial charge in [-0.05, 0) is 55.3 Å². The average molecular weight is 489 g/mol. The molecular weight excluding hydrogens is 452 g/mol. The molecule has 0 amide bonds. The van der Waals surface area contributed by atoms with E-state index in [1.165, 1.54) is 31.4 Å². The third-order valence-corrected chi connectivity index (χ3v) is 7.87. The number of hydrogen-bond acceptors (Lipinski definition) is 7. The Morgan fingerprint density at radius 2 is 1.91 bits per heavy atom. The molecule has 0 aromatic heterocycles. The zero-order valence-corrected chi connectivity index (χ0v) is 21.5. The number of nitrogens with one attached hydrogen (secondary N) is 1. The number of rotatable bonds is 12. The Balaban J connectivity index is 2.05. The number of carbonyl (C=O) groups is 1. The minimum atomic E-state index is -1.12. The van der Waals surface area contributed by atoms with Crippen molar-refractivity contribution in [2.24, 2.45) is 0 Å². The maximum atomic E-state index is 10.8. The van der Waals surface area contributed by atoms with Crippen LogP contribution in [0.5, 0.6) is 5.75 Å². The Morgan fingerprint density at radius 1 is 1.21 bits per heavy atom. The fourth-order valence-electron chi connectivity index (χ4n) is 4.15. The molecule has 0 radical (unpaired) electrons. The van der Waals surface area contributed by atoms with Crippen molar-refractivity contribution in [3.8, 4) is 5.75 Å². The number of anilines is 2. The maximum Gasteiger partial charge on any atom is 0.151 e. The van der Waals surface area contributed by atoms with Gasteiger partial charge in [-0.3, -0.25) is 4.72 Å². The van der Waals surface area contributed by atoms with Gasteiger partial charge >= 0.3 is 0 Å². The monoisotopic (exact) mass is 488 g/mol. The van der Waals surface area contributed by atoms with Crippen LogP contribution in [-0.4, -0.2) is 42.4 Å². The lowest BCUT2D eigenvalue weighted by atomic mass is 9.87. The zero-order valence-electron chi connectivity index (χ0n) is 19.9. The molecule has 1 heterocycles. The van der Waals surface area contributed by atoms with Gasteiger partial charge in [0.2, 0.25) is 0 Å². The summed E-state index contributed by atoms with van der Waals surface area (Å²) in [7, 11) is 0. The highest BCUT2D eigenvalue weighted by atomic mass is 32.2. The molecule has 0 bridgehead atoms. The molecule has 0 saturated carbocycles. The Kier molecular flexibility index (Phi) is 9.98. The fraction of sp³-hybridized carbons (Fsp3) is 0.500. The average Bonchev–Trinajstić information content (AvgIpc) is 3.02. The standard InChI is InChI=1S/C26H36N2O3S2/c1-4-6-13-26(14-7-5-2)19-28(20-11-9-8-10-12-20)22-15-25(32-3)23(16-24(22)33-27-26)31-18-21(30)17-29/h8-12,15-17,21,27,30H,4-7,13-14,18-19H2,1-3H3. The van der Waals surface area contributed by atoms with Crippen LogP contribution in [0.1, 0.15) is 52.4 Å². The number of para-hydroxylation sites is 1. The van der Waals surface area contributed by atoms with E-state index in [2.05, 4.69) is 59.9 Å². The van der Waals surface area contributed by atoms with E-state index in [0.29, 0.717) is 12.0 Å². The Bertz CT molecular complexity index is 887. The highest BCUT2D eigenvalue weighted by molar-refractivity contribution is 7.98. The molecule has 0 fully saturated rings. The number of carbonyl (C=O) groups excluding carboxylic acids is 1. The first-order valence-corrected chi connectivity index (χ1v) is 13.8. The third kappa shape index (κ3) is 6.69. The van der Waals surface area contributed by atoms with Crippen LogP contribution < -0.4 is 14.4 Å². The number of ether oxygens (including phenoxy) is 1. The summed E-state index contributed by atoms with van der Waals surface area (Å²) in [6.45, 7) is 5.36. The van der Waals surface area contributed by atoms with Crippen LogP contribution in [0.3, 0.4) is 0 Å². The summed E-state index contributed by atoms with van der Waals surface area (Å²) in [6.07, 6.45) is 8.36. The Hall–Kier alpha value is -1.67. The number of fused-ring (bicyclic) bond motifs is 1. The van der Waals surface area contributed by atoms with Gasteiger partial charge in [-0.25, -0.2) is 0 Å². The maximum absolute atomic E-state index is 10.8. The number of aliphatic hydroxyl groups excluding tert-OH is 1. The van der Waals surface area contributed by atoms with Gasteiger partial charge in [0.05, 0.1) is 15.5 Å². The molecule has 3 rings (SSSR count). The first-order chi connectivity index (χ1) is 16.1. The largest absolute Gasteiger partial charge is 0.489 e. The number of thioether (sulfide) groups is 1. The zero-order chi connectivity index (χ0) is 23.7. The summed E-state index contributed by atoms with van der Waals surface area (Å²) >= 11 is 3.28. The van der Waals surface area contributed by atoms with Gasteiger partial charge in [0.25, 0.3) is 0 Å². The topological polar surface area (TPSA) is 61.8 Å². The molecule has 1 aliphatic rings. The van der Waals surface area contributed by atoms with Crippen molar-refractivity contribution in [1.29, 1.82) is 0 Å². The third-order valence-electron chi connectivity index (χ3n) is 6.03. The van der Waals surface area contributed by atoms with Crippen molar-refractivity contribution in [2.45, 2.75) is 73.8 Å². The lowest BCUT2D eigenvalue weighted by Crippen LogP contribution is -2.49. The van der Waals surface area contributed by atoms with Gasteiger partial charge in [-0.15, -0.1) is 11.8 Å². The second-order valence-electron chi connectivity index (χ2n) is 8.60. The van der Waals surface area contributed by atoms with Crippen LogP contribution in [0.2, 0.25) is 0 Å². The molecule has 33 heavy (non-hydrogen) atoms. The number of unbranched alkanes of at least 4 members (excludes halogenated alkanes) is 2. The highest BCUT2D eigenvalue weighted by Crippen LogP contribution is 2.45. The molecule has 0 spiro atoms. The minimum Gasteiger partial charge on any atom is -0.489 e. The van der Waals surface area contributed by atoms with Crippen molar-refractivity contribution >= 4 is 41.4 Å². The van der Waals surface area contributed by atoms with Crippen LogP contribution in [-0.2, 0) is 4.79 Å². The fourth-order valence-corrected chi connectivity index (χ4v) is 5.73. The summed E-state index contributed by atoms with van der Waals surface area (Å²) in [4.78, 5) is 15.4. The molecule has 0 saturated heterocycles. The van der Waals surface area contributed by atoms with Crippen LogP contribution in [0.4, 0.5) is 11.4 Å². The highest BCUT2D eigenvalue weighted by Gasteiger charge is 2.36. The number of aliphatic hydroxyl groups is 1. The van der Waals surface area contributed by atoms with E-state index in [1.807, 2.05) is 12.3 Å². The van der Waals surface area contributed by atoms with Crippen molar-refractivity contribution < 1.29 is 14.6 Å². The molecule has 5 nitrogen and oxygen atoms in total. The first kappa shape index (κ1) is 25.9. The van der Waals surface area contributed by atoms with E-state index < -0.39 is 6.10 Å². The lowest BCUT2D eigenvalue weighted by Gasteiger charge is -2.38. The van der Waals surface area contributed by atoms with Crippen molar-refractivity contribution in [3.63, 3.8) is 0 Å². The van der Waals surface area contributed by atoms with Crippen molar-refractivity contribution in [3.05, 3.63) is 42.5 Å². The molecular formula is C26H36N2O3S2. The summed E-state index contributed by atoms with van der Waals surface area (Å²) in [5.74, 6) is 0.694. The van der Waals surface area contributed by atoms with Crippen molar-refractivity contribution in [1.82, 2.24) is 4.72 Å². The predicted octanol–water partition coefficient (Wildman–Crippen LogP) is 6.21. The van der Waals surface area contributed by atoms with E-state index in [9.17, 15) is 9.90 Å². The second kappa shape index (κ2) is 12.7. The minimum absolute atomic E-state index is 0.000197. The van der Waals surface area contributed by atoms with Crippen molar-refractivity contribution in [2.75, 3.05) is 24.3 Å². The molecule has 2 aromatic rings. The normalized spacial score (nSPS) is 16.1. The van der Waals surface area contributed by atoms with Gasteiger partial charge in [0.1, 0.15) is 18.5 Å².